The van der Waals surface area contributed by atoms with E-state index in [1.807, 2.05) is 30.4 Å². The Morgan fingerprint density at radius 1 is 0.872 bits per heavy atom. The summed E-state index contributed by atoms with van der Waals surface area (Å²) in [6, 6.07) is 24.8. The van der Waals surface area contributed by atoms with Gasteiger partial charge in [0.05, 0.1) is 35.9 Å². The second-order valence-electron chi connectivity index (χ2n) is 13.6. The van der Waals surface area contributed by atoms with Gasteiger partial charge in [0.15, 0.2) is 0 Å². The number of hydrogen-bond acceptors (Lipinski definition) is 5. The highest BCUT2D eigenvalue weighted by Gasteiger charge is 2.45. The monoisotopic (exact) mass is 610 g/mol. The summed E-state index contributed by atoms with van der Waals surface area (Å²) in [4.78, 5) is 2.67. The van der Waals surface area contributed by atoms with Crippen LogP contribution in [-0.2, 0) is 6.42 Å². The van der Waals surface area contributed by atoms with Gasteiger partial charge in [0, 0.05) is 68.5 Å². The van der Waals surface area contributed by atoms with Gasteiger partial charge in [-0.3, -0.25) is 0 Å². The lowest BCUT2D eigenvalue weighted by Crippen LogP contribution is -2.46. The van der Waals surface area contributed by atoms with E-state index >= 15 is 0 Å². The molecule has 2 heterocycles. The number of rotatable bonds is 3. The molecule has 1 aliphatic heterocycles. The third-order valence-electron chi connectivity index (χ3n) is 11.1. The molecule has 0 N–H and O–H groups in total. The number of nitrogens with zero attached hydrogens (tertiary/aromatic N) is 6. The Kier molecular flexibility index (Phi) is 6.98. The van der Waals surface area contributed by atoms with Crippen molar-refractivity contribution in [1.82, 2.24) is 4.57 Å². The number of allylic oxidation sites excluding steroid dienone is 7. The molecule has 0 radical (unpaired) electrons. The van der Waals surface area contributed by atoms with Crippen molar-refractivity contribution in [2.24, 2.45) is 11.8 Å². The van der Waals surface area contributed by atoms with Crippen molar-refractivity contribution in [3.8, 4) is 24.3 Å². The second kappa shape index (κ2) is 11.4. The van der Waals surface area contributed by atoms with E-state index in [2.05, 4.69) is 89.2 Å². The Balaban J connectivity index is 1.31. The minimum atomic E-state index is 0.00770. The summed E-state index contributed by atoms with van der Waals surface area (Å²) in [5, 5.41) is 40.7. The molecule has 6 unspecified atom stereocenters. The van der Waals surface area contributed by atoms with Gasteiger partial charge in [-0.1, -0.05) is 55.0 Å². The first kappa shape index (κ1) is 28.9. The molecule has 4 aliphatic carbocycles. The van der Waals surface area contributed by atoms with Crippen LogP contribution in [0.3, 0.4) is 0 Å². The summed E-state index contributed by atoms with van der Waals surface area (Å²) >= 11 is 0. The predicted molar refractivity (Wildman–Crippen MR) is 183 cm³/mol. The van der Waals surface area contributed by atoms with Gasteiger partial charge in [0.2, 0.25) is 0 Å². The average Bonchev–Trinajstić information content (AvgIpc) is 3.62. The Morgan fingerprint density at radius 2 is 1.72 bits per heavy atom. The highest BCUT2D eigenvalue weighted by molar-refractivity contribution is 5.94. The van der Waals surface area contributed by atoms with E-state index in [1.54, 1.807) is 0 Å². The number of anilines is 1. The third-order valence-corrected chi connectivity index (χ3v) is 11.1. The van der Waals surface area contributed by atoms with E-state index in [-0.39, 0.29) is 35.9 Å². The zero-order valence-corrected chi connectivity index (χ0v) is 26.4. The molecule has 0 spiro atoms. The highest BCUT2D eigenvalue weighted by Crippen LogP contribution is 2.51. The molecule has 0 bridgehead atoms. The van der Waals surface area contributed by atoms with Crippen molar-refractivity contribution in [2.75, 3.05) is 4.90 Å². The molecule has 5 aliphatic rings. The fourth-order valence-corrected chi connectivity index (χ4v) is 9.21. The van der Waals surface area contributed by atoms with Gasteiger partial charge in [0.1, 0.15) is 0 Å². The molecule has 6 heteroatoms. The number of para-hydroxylation sites is 1. The second-order valence-corrected chi connectivity index (χ2v) is 13.6. The maximum absolute atomic E-state index is 10.3. The maximum atomic E-state index is 10.3. The molecule has 6 nitrogen and oxygen atoms in total. The van der Waals surface area contributed by atoms with E-state index in [0.717, 1.165) is 65.3 Å². The third kappa shape index (κ3) is 4.56. The molecule has 3 aromatic rings. The fourth-order valence-electron chi connectivity index (χ4n) is 9.21. The van der Waals surface area contributed by atoms with Crippen LogP contribution in [0.1, 0.15) is 73.4 Å². The predicted octanol–water partition coefficient (Wildman–Crippen LogP) is 8.48. The summed E-state index contributed by atoms with van der Waals surface area (Å²) in [5.41, 5.74) is 10.3. The van der Waals surface area contributed by atoms with Crippen molar-refractivity contribution in [1.29, 1.82) is 21.0 Å². The number of nitriles is 4. The van der Waals surface area contributed by atoms with Crippen LogP contribution in [0.5, 0.6) is 0 Å². The molecule has 1 aromatic heterocycles. The molecule has 8 rings (SSSR count). The van der Waals surface area contributed by atoms with Crippen LogP contribution in [0, 0.1) is 57.2 Å². The fraction of sp³-hybridized carbons (Fsp3) is 0.317. The average molecular weight is 611 g/mol. The van der Waals surface area contributed by atoms with Crippen molar-refractivity contribution in [3.63, 3.8) is 0 Å². The quantitative estimate of drug-likeness (QED) is 0.277. The molecule has 47 heavy (non-hydrogen) atoms. The Hall–Kier alpha value is -5.56. The first-order chi connectivity index (χ1) is 23.0. The molecular formula is C41H34N6. The lowest BCUT2D eigenvalue weighted by molar-refractivity contribution is 0.374. The first-order valence-corrected chi connectivity index (χ1v) is 16.7. The topological polar surface area (TPSA) is 103 Å². The largest absolute Gasteiger partial charge is 0.364 e. The van der Waals surface area contributed by atoms with Crippen LogP contribution in [0.2, 0.25) is 0 Å². The summed E-state index contributed by atoms with van der Waals surface area (Å²) < 4.78 is 2.48. The van der Waals surface area contributed by atoms with Crippen LogP contribution < -0.4 is 4.90 Å². The smallest absolute Gasteiger partial charge is 0.0991 e. The Labute approximate surface area is 275 Å². The van der Waals surface area contributed by atoms with E-state index in [1.165, 1.54) is 22.5 Å². The maximum Gasteiger partial charge on any atom is 0.0991 e. The molecule has 0 saturated heterocycles. The van der Waals surface area contributed by atoms with Gasteiger partial charge in [0.25, 0.3) is 0 Å². The number of aromatic nitrogens is 1. The highest BCUT2D eigenvalue weighted by atomic mass is 15.2. The lowest BCUT2D eigenvalue weighted by Gasteiger charge is -2.44. The Morgan fingerprint density at radius 3 is 2.53 bits per heavy atom. The number of fused-ring (bicyclic) bond motifs is 6. The van der Waals surface area contributed by atoms with Gasteiger partial charge in [-0.2, -0.15) is 21.0 Å². The van der Waals surface area contributed by atoms with Crippen molar-refractivity contribution in [3.05, 3.63) is 118 Å². The van der Waals surface area contributed by atoms with Crippen LogP contribution in [-0.4, -0.2) is 16.7 Å². The van der Waals surface area contributed by atoms with Gasteiger partial charge in [-0.15, -0.1) is 0 Å². The van der Waals surface area contributed by atoms with Crippen molar-refractivity contribution in [2.45, 2.75) is 69.5 Å². The van der Waals surface area contributed by atoms with Gasteiger partial charge in [-0.25, -0.2) is 0 Å². The van der Waals surface area contributed by atoms with E-state index in [0.29, 0.717) is 12.0 Å². The van der Waals surface area contributed by atoms with Crippen molar-refractivity contribution < 1.29 is 0 Å². The molecule has 6 atom stereocenters. The number of hydrogen-bond donors (Lipinski definition) is 0. The summed E-state index contributed by atoms with van der Waals surface area (Å²) in [6.07, 6.45) is 17.8. The summed E-state index contributed by atoms with van der Waals surface area (Å²) in [5.74, 6) is 0.394. The zero-order chi connectivity index (χ0) is 32.2. The van der Waals surface area contributed by atoms with Gasteiger partial charge < -0.3 is 9.47 Å². The normalized spacial score (nSPS) is 27.5. The lowest BCUT2D eigenvalue weighted by atomic mass is 9.73. The van der Waals surface area contributed by atoms with Gasteiger partial charge >= 0.3 is 0 Å². The van der Waals surface area contributed by atoms with Crippen LogP contribution in [0.15, 0.2) is 95.1 Å². The molecule has 2 aromatic carbocycles. The summed E-state index contributed by atoms with van der Waals surface area (Å²) in [7, 11) is 0. The molecule has 0 fully saturated rings. The van der Waals surface area contributed by atoms with Crippen molar-refractivity contribution >= 4 is 22.7 Å². The van der Waals surface area contributed by atoms with Crippen LogP contribution >= 0.6 is 0 Å². The minimum Gasteiger partial charge on any atom is -0.364 e. The van der Waals surface area contributed by atoms with Crippen LogP contribution in [0.25, 0.3) is 17.0 Å². The molecular weight excluding hydrogens is 576 g/mol. The molecule has 0 saturated carbocycles. The first-order valence-electron chi connectivity index (χ1n) is 16.7. The number of benzene rings is 2. The standard InChI is InChI=1S/C41H34N6/c1-25-5-4-6-29(24-45)41(25)30-18-31(46-37-8-3-2-7-33(37)34-15-26(21-42)9-12-38(34)46)20-32(19-30)47-39-13-10-27(22-43)16-35(39)36-17-28(23-44)11-14-40(36)47/h2-8,10,13,15-17,19,25,31-32,34,38,41H,9,11-12,14,18,20H2,1H3. The molecule has 0 amide bonds. The molecule has 228 valence electrons. The van der Waals surface area contributed by atoms with E-state index in [4.69, 9.17) is 0 Å². The summed E-state index contributed by atoms with van der Waals surface area (Å²) in [6.45, 7) is 2.21. The Bertz CT molecular complexity index is 2160. The van der Waals surface area contributed by atoms with Gasteiger partial charge in [-0.05, 0) is 86.4 Å². The van der Waals surface area contributed by atoms with E-state index < -0.39 is 0 Å². The van der Waals surface area contributed by atoms with E-state index in [9.17, 15) is 21.0 Å². The van der Waals surface area contributed by atoms with Crippen LogP contribution in [0.4, 0.5) is 5.69 Å². The SMILES string of the molecule is CC1C=CC=C(C#N)C1C1=CC(n2c3c(c4cc(C#N)ccc42)C=C(C#N)CC3)CC(N2c3ccccc3C3C=C(C#N)CCC32)C1. The minimum absolute atomic E-state index is 0.00770. The zero-order valence-electron chi connectivity index (χ0n) is 26.4.